The van der Waals surface area contributed by atoms with Crippen molar-refractivity contribution in [1.82, 2.24) is 9.97 Å². The Morgan fingerprint density at radius 1 is 1.56 bits per heavy atom. The van der Waals surface area contributed by atoms with Crippen LogP contribution >= 0.6 is 11.3 Å². The SMILES string of the molecule is Cc1nc(N(C)Cc2ccsc2)ncc1C(=O)O. The smallest absolute Gasteiger partial charge is 0.339 e. The molecule has 0 saturated heterocycles. The molecule has 6 heteroatoms. The molecule has 2 aromatic heterocycles. The zero-order chi connectivity index (χ0) is 13.1. The van der Waals surface area contributed by atoms with E-state index in [2.05, 4.69) is 15.3 Å². The van der Waals surface area contributed by atoms with Crippen molar-refractivity contribution in [3.8, 4) is 0 Å². The minimum atomic E-state index is -1.00. The van der Waals surface area contributed by atoms with E-state index in [0.717, 1.165) is 0 Å². The number of carbonyl (C=O) groups is 1. The van der Waals surface area contributed by atoms with E-state index < -0.39 is 5.97 Å². The Labute approximate surface area is 109 Å². The summed E-state index contributed by atoms with van der Waals surface area (Å²) in [5.41, 5.74) is 1.80. The lowest BCUT2D eigenvalue weighted by Crippen LogP contribution is -2.20. The number of anilines is 1. The summed E-state index contributed by atoms with van der Waals surface area (Å²) < 4.78 is 0. The Bertz CT molecular complexity index is 554. The molecule has 94 valence electrons. The standard InChI is InChI=1S/C12H13N3O2S/c1-8-10(11(16)17)5-13-12(14-8)15(2)6-9-3-4-18-7-9/h3-5,7H,6H2,1-2H3,(H,16,17). The highest BCUT2D eigenvalue weighted by Crippen LogP contribution is 2.14. The van der Waals surface area contributed by atoms with E-state index >= 15 is 0 Å². The molecule has 2 aromatic rings. The van der Waals surface area contributed by atoms with Crippen LogP contribution in [-0.4, -0.2) is 28.1 Å². The van der Waals surface area contributed by atoms with Crippen molar-refractivity contribution < 1.29 is 9.90 Å². The molecule has 0 aromatic carbocycles. The van der Waals surface area contributed by atoms with Crippen LogP contribution in [0.1, 0.15) is 21.6 Å². The summed E-state index contributed by atoms with van der Waals surface area (Å²) >= 11 is 1.64. The highest BCUT2D eigenvalue weighted by atomic mass is 32.1. The molecule has 18 heavy (non-hydrogen) atoms. The fourth-order valence-electron chi connectivity index (χ4n) is 1.58. The van der Waals surface area contributed by atoms with E-state index in [-0.39, 0.29) is 5.56 Å². The van der Waals surface area contributed by atoms with Gasteiger partial charge in [-0.25, -0.2) is 14.8 Å². The van der Waals surface area contributed by atoms with Gasteiger partial charge in [0.1, 0.15) is 0 Å². The topological polar surface area (TPSA) is 66.3 Å². The van der Waals surface area contributed by atoms with Gasteiger partial charge in [-0.3, -0.25) is 0 Å². The van der Waals surface area contributed by atoms with E-state index in [4.69, 9.17) is 5.11 Å². The average Bonchev–Trinajstić information content (AvgIpc) is 2.81. The molecule has 0 fully saturated rings. The van der Waals surface area contributed by atoms with Gasteiger partial charge in [0, 0.05) is 19.8 Å². The first-order valence-corrected chi connectivity index (χ1v) is 6.31. The Balaban J connectivity index is 2.18. The van der Waals surface area contributed by atoms with Crippen molar-refractivity contribution >= 4 is 23.3 Å². The lowest BCUT2D eigenvalue weighted by Gasteiger charge is -2.16. The van der Waals surface area contributed by atoms with Gasteiger partial charge in [0.15, 0.2) is 0 Å². The normalized spacial score (nSPS) is 10.3. The Morgan fingerprint density at radius 2 is 2.33 bits per heavy atom. The van der Waals surface area contributed by atoms with Crippen LogP contribution in [0, 0.1) is 6.92 Å². The molecule has 0 radical (unpaired) electrons. The van der Waals surface area contributed by atoms with Crippen LogP contribution in [0.15, 0.2) is 23.0 Å². The van der Waals surface area contributed by atoms with Gasteiger partial charge in [-0.05, 0) is 29.3 Å². The first kappa shape index (κ1) is 12.5. The largest absolute Gasteiger partial charge is 0.478 e. The average molecular weight is 263 g/mol. The molecule has 0 amide bonds. The maximum Gasteiger partial charge on any atom is 0.339 e. The molecular weight excluding hydrogens is 250 g/mol. The Kier molecular flexibility index (Phi) is 3.57. The second-order valence-electron chi connectivity index (χ2n) is 3.96. The highest BCUT2D eigenvalue weighted by Gasteiger charge is 2.12. The third-order valence-electron chi connectivity index (χ3n) is 2.54. The quantitative estimate of drug-likeness (QED) is 0.915. The highest BCUT2D eigenvalue weighted by molar-refractivity contribution is 7.07. The summed E-state index contributed by atoms with van der Waals surface area (Å²) in [6.45, 7) is 2.38. The van der Waals surface area contributed by atoms with Crippen LogP contribution in [0.5, 0.6) is 0 Å². The third-order valence-corrected chi connectivity index (χ3v) is 3.27. The predicted octanol–water partition coefficient (Wildman–Crippen LogP) is 2.18. The van der Waals surface area contributed by atoms with Gasteiger partial charge in [0.05, 0.1) is 11.3 Å². The van der Waals surface area contributed by atoms with Gasteiger partial charge in [-0.15, -0.1) is 0 Å². The Hall–Kier alpha value is -1.95. The van der Waals surface area contributed by atoms with Crippen molar-refractivity contribution in [2.24, 2.45) is 0 Å². The fraction of sp³-hybridized carbons (Fsp3) is 0.250. The number of carboxylic acids is 1. The molecule has 0 saturated carbocycles. The van der Waals surface area contributed by atoms with Gasteiger partial charge in [-0.1, -0.05) is 0 Å². The number of thiophene rings is 1. The van der Waals surface area contributed by atoms with Gasteiger partial charge in [0.2, 0.25) is 5.95 Å². The van der Waals surface area contributed by atoms with Crippen LogP contribution in [-0.2, 0) is 6.54 Å². The summed E-state index contributed by atoms with van der Waals surface area (Å²) in [5, 5.41) is 13.0. The second-order valence-corrected chi connectivity index (χ2v) is 4.74. The van der Waals surface area contributed by atoms with Gasteiger partial charge in [-0.2, -0.15) is 11.3 Å². The molecule has 2 rings (SSSR count). The molecule has 0 aliphatic rings. The minimum absolute atomic E-state index is 0.141. The minimum Gasteiger partial charge on any atom is -0.478 e. The number of carboxylic acid groups (broad SMARTS) is 1. The summed E-state index contributed by atoms with van der Waals surface area (Å²) in [6.07, 6.45) is 1.35. The molecular formula is C12H13N3O2S. The number of rotatable bonds is 4. The number of aromatic carboxylic acids is 1. The van der Waals surface area contributed by atoms with E-state index in [1.54, 1.807) is 18.3 Å². The number of aromatic nitrogens is 2. The number of hydrogen-bond donors (Lipinski definition) is 1. The van der Waals surface area contributed by atoms with Crippen molar-refractivity contribution in [2.75, 3.05) is 11.9 Å². The summed E-state index contributed by atoms with van der Waals surface area (Å²) in [5.74, 6) is -0.469. The maximum absolute atomic E-state index is 10.9. The molecule has 0 aliphatic carbocycles. The first-order valence-electron chi connectivity index (χ1n) is 5.37. The van der Waals surface area contributed by atoms with E-state index in [1.165, 1.54) is 11.8 Å². The second kappa shape index (κ2) is 5.14. The van der Waals surface area contributed by atoms with Gasteiger partial charge >= 0.3 is 5.97 Å². The number of aryl methyl sites for hydroxylation is 1. The van der Waals surface area contributed by atoms with Gasteiger partial charge < -0.3 is 10.0 Å². The van der Waals surface area contributed by atoms with E-state index in [9.17, 15) is 4.79 Å². The lowest BCUT2D eigenvalue weighted by molar-refractivity contribution is 0.0695. The number of hydrogen-bond acceptors (Lipinski definition) is 5. The zero-order valence-electron chi connectivity index (χ0n) is 10.1. The monoisotopic (exact) mass is 263 g/mol. The van der Waals surface area contributed by atoms with E-state index in [1.807, 2.05) is 23.4 Å². The number of nitrogens with zero attached hydrogens (tertiary/aromatic N) is 3. The van der Waals surface area contributed by atoms with Crippen LogP contribution < -0.4 is 4.90 Å². The van der Waals surface area contributed by atoms with Crippen molar-refractivity contribution in [3.63, 3.8) is 0 Å². The van der Waals surface area contributed by atoms with Crippen molar-refractivity contribution in [2.45, 2.75) is 13.5 Å². The van der Waals surface area contributed by atoms with Crippen molar-refractivity contribution in [1.29, 1.82) is 0 Å². The van der Waals surface area contributed by atoms with Crippen molar-refractivity contribution in [3.05, 3.63) is 39.8 Å². The molecule has 2 heterocycles. The molecule has 0 aliphatic heterocycles. The van der Waals surface area contributed by atoms with Crippen LogP contribution in [0.2, 0.25) is 0 Å². The molecule has 0 atom stereocenters. The molecule has 0 unspecified atom stereocenters. The molecule has 0 bridgehead atoms. The predicted molar refractivity (Wildman–Crippen MR) is 70.2 cm³/mol. The summed E-state index contributed by atoms with van der Waals surface area (Å²) in [6, 6.07) is 2.04. The maximum atomic E-state index is 10.9. The Morgan fingerprint density at radius 3 is 2.89 bits per heavy atom. The van der Waals surface area contributed by atoms with Crippen LogP contribution in [0.25, 0.3) is 0 Å². The van der Waals surface area contributed by atoms with E-state index in [0.29, 0.717) is 18.2 Å². The summed E-state index contributed by atoms with van der Waals surface area (Å²) in [4.78, 5) is 21.0. The first-order chi connectivity index (χ1) is 8.58. The summed E-state index contributed by atoms with van der Waals surface area (Å²) in [7, 11) is 1.88. The van der Waals surface area contributed by atoms with Crippen LogP contribution in [0.3, 0.4) is 0 Å². The lowest BCUT2D eigenvalue weighted by atomic mass is 10.2. The molecule has 5 nitrogen and oxygen atoms in total. The molecule has 0 spiro atoms. The van der Waals surface area contributed by atoms with Gasteiger partial charge in [0.25, 0.3) is 0 Å². The molecule has 1 N–H and O–H groups in total. The third kappa shape index (κ3) is 2.65. The van der Waals surface area contributed by atoms with Crippen LogP contribution in [0.4, 0.5) is 5.95 Å². The zero-order valence-corrected chi connectivity index (χ0v) is 10.9. The fourth-order valence-corrected chi connectivity index (χ4v) is 2.24.